The van der Waals surface area contributed by atoms with Gasteiger partial charge in [0.25, 0.3) is 0 Å². The van der Waals surface area contributed by atoms with Crippen LogP contribution in [0, 0.1) is 6.92 Å². The van der Waals surface area contributed by atoms with Crippen LogP contribution in [0.1, 0.15) is 30.8 Å². The number of amides is 1. The van der Waals surface area contributed by atoms with Gasteiger partial charge in [0.2, 0.25) is 5.91 Å². The van der Waals surface area contributed by atoms with E-state index in [1.165, 1.54) is 0 Å². The highest BCUT2D eigenvalue weighted by Gasteiger charge is 2.17. The average Bonchev–Trinajstić information content (AvgIpc) is 2.99. The third-order valence-corrected chi connectivity index (χ3v) is 2.85. The molecule has 96 valence electrons. The number of aromatic nitrogens is 3. The van der Waals surface area contributed by atoms with Crippen molar-refractivity contribution in [3.05, 3.63) is 35.9 Å². The Morgan fingerprint density at radius 3 is 2.72 bits per heavy atom. The van der Waals surface area contributed by atoms with Crippen LogP contribution in [-0.4, -0.2) is 20.8 Å². The highest BCUT2D eigenvalue weighted by Crippen LogP contribution is 2.12. The molecule has 1 amide bonds. The molecule has 0 aliphatic rings. The summed E-state index contributed by atoms with van der Waals surface area (Å²) in [6.45, 7) is 4.11. The second-order valence-corrected chi connectivity index (χ2v) is 4.07. The van der Waals surface area contributed by atoms with Crippen LogP contribution in [-0.2, 0) is 11.3 Å². The Morgan fingerprint density at radius 1 is 1.44 bits per heavy atom. The van der Waals surface area contributed by atoms with Crippen molar-refractivity contribution in [1.29, 1.82) is 0 Å². The largest absolute Gasteiger partial charge is 0.348 e. The van der Waals surface area contributed by atoms with E-state index in [1.807, 2.05) is 36.0 Å². The molecule has 0 bridgehead atoms. The van der Waals surface area contributed by atoms with Crippen LogP contribution in [0.2, 0.25) is 0 Å². The molecule has 1 N–H and O–H groups in total. The van der Waals surface area contributed by atoms with Crippen molar-refractivity contribution in [1.82, 2.24) is 20.2 Å². The third-order valence-electron chi connectivity index (χ3n) is 2.85. The van der Waals surface area contributed by atoms with Gasteiger partial charge in [0, 0.05) is 12.4 Å². The predicted molar refractivity (Wildman–Crippen MR) is 64.6 cm³/mol. The maximum atomic E-state index is 12.1. The molecule has 6 nitrogen and oxygen atoms in total. The first kappa shape index (κ1) is 12.3. The summed E-state index contributed by atoms with van der Waals surface area (Å²) in [7, 11) is 0. The topological polar surface area (TPSA) is 73.0 Å². The molecule has 0 aliphatic carbocycles. The number of aryl methyl sites for hydroxylation is 1. The fourth-order valence-corrected chi connectivity index (χ4v) is 1.79. The van der Waals surface area contributed by atoms with Crippen LogP contribution >= 0.6 is 0 Å². The molecule has 18 heavy (non-hydrogen) atoms. The number of carbonyl (C=O) groups is 1. The minimum atomic E-state index is -0.194. The molecule has 2 rings (SSSR count). The molecule has 0 saturated carbocycles. The zero-order valence-corrected chi connectivity index (χ0v) is 10.5. The van der Waals surface area contributed by atoms with E-state index < -0.39 is 0 Å². The Bertz CT molecular complexity index is 504. The number of nitrogens with one attached hydrogen (secondary N) is 1. The first-order chi connectivity index (χ1) is 8.72. The molecule has 6 heteroatoms. The Balaban J connectivity index is 1.97. The van der Waals surface area contributed by atoms with Gasteiger partial charge in [0.05, 0.1) is 6.54 Å². The van der Waals surface area contributed by atoms with Gasteiger partial charge in [0.15, 0.2) is 0 Å². The van der Waals surface area contributed by atoms with Crippen LogP contribution in [0.3, 0.4) is 0 Å². The van der Waals surface area contributed by atoms with Gasteiger partial charge in [-0.15, -0.1) is 0 Å². The summed E-state index contributed by atoms with van der Waals surface area (Å²) >= 11 is 0. The summed E-state index contributed by atoms with van der Waals surface area (Å²) in [5.41, 5.74) is 1.36. The molecule has 0 spiro atoms. The van der Waals surface area contributed by atoms with Gasteiger partial charge in [-0.25, -0.2) is 4.63 Å². The number of nitrogens with zero attached hydrogens (tertiary/aromatic N) is 3. The number of hydrogen-bond donors (Lipinski definition) is 1. The van der Waals surface area contributed by atoms with Gasteiger partial charge >= 0.3 is 0 Å². The SMILES string of the molecule is CC[C@H](C(=O)NCc1nonc1C)n1cccc1. The Kier molecular flexibility index (Phi) is 3.76. The quantitative estimate of drug-likeness (QED) is 0.869. The lowest BCUT2D eigenvalue weighted by molar-refractivity contribution is -0.124. The van der Waals surface area contributed by atoms with Crippen molar-refractivity contribution in [2.75, 3.05) is 0 Å². The summed E-state index contributed by atoms with van der Waals surface area (Å²) < 4.78 is 6.47. The summed E-state index contributed by atoms with van der Waals surface area (Å²) in [6, 6.07) is 3.61. The molecule has 0 aromatic carbocycles. The normalized spacial score (nSPS) is 12.3. The van der Waals surface area contributed by atoms with E-state index in [0.717, 1.165) is 6.42 Å². The highest BCUT2D eigenvalue weighted by atomic mass is 16.6. The predicted octanol–water partition coefficient (Wildman–Crippen LogP) is 1.45. The van der Waals surface area contributed by atoms with E-state index in [-0.39, 0.29) is 11.9 Å². The number of carbonyl (C=O) groups excluding carboxylic acids is 1. The van der Waals surface area contributed by atoms with Crippen molar-refractivity contribution in [3.8, 4) is 0 Å². The second kappa shape index (κ2) is 5.48. The smallest absolute Gasteiger partial charge is 0.243 e. The van der Waals surface area contributed by atoms with E-state index in [2.05, 4.69) is 20.3 Å². The fourth-order valence-electron chi connectivity index (χ4n) is 1.79. The van der Waals surface area contributed by atoms with E-state index in [0.29, 0.717) is 17.9 Å². The van der Waals surface area contributed by atoms with Gasteiger partial charge in [-0.2, -0.15) is 0 Å². The summed E-state index contributed by atoms with van der Waals surface area (Å²) in [5.74, 6) is -0.0314. The summed E-state index contributed by atoms with van der Waals surface area (Å²) in [5, 5.41) is 10.2. The molecule has 2 heterocycles. The summed E-state index contributed by atoms with van der Waals surface area (Å²) in [6.07, 6.45) is 4.50. The van der Waals surface area contributed by atoms with Crippen molar-refractivity contribution in [2.45, 2.75) is 32.9 Å². The Morgan fingerprint density at radius 2 is 2.17 bits per heavy atom. The lowest BCUT2D eigenvalue weighted by Crippen LogP contribution is -2.31. The van der Waals surface area contributed by atoms with Crippen LogP contribution in [0.25, 0.3) is 0 Å². The monoisotopic (exact) mass is 248 g/mol. The van der Waals surface area contributed by atoms with Crippen LogP contribution in [0.15, 0.2) is 29.2 Å². The average molecular weight is 248 g/mol. The van der Waals surface area contributed by atoms with Gasteiger partial charge in [-0.3, -0.25) is 4.79 Å². The number of rotatable bonds is 5. The zero-order chi connectivity index (χ0) is 13.0. The second-order valence-electron chi connectivity index (χ2n) is 4.07. The first-order valence-corrected chi connectivity index (χ1v) is 5.90. The molecule has 0 aliphatic heterocycles. The van der Waals surface area contributed by atoms with Crippen molar-refractivity contribution in [2.24, 2.45) is 0 Å². The van der Waals surface area contributed by atoms with Gasteiger partial charge in [0.1, 0.15) is 17.4 Å². The molecule has 0 unspecified atom stereocenters. The first-order valence-electron chi connectivity index (χ1n) is 5.90. The maximum absolute atomic E-state index is 12.1. The number of hydrogen-bond acceptors (Lipinski definition) is 4. The maximum Gasteiger partial charge on any atom is 0.243 e. The molecule has 0 fully saturated rings. The van der Waals surface area contributed by atoms with Gasteiger partial charge in [-0.1, -0.05) is 17.2 Å². The van der Waals surface area contributed by atoms with Crippen molar-refractivity contribution in [3.63, 3.8) is 0 Å². The van der Waals surface area contributed by atoms with E-state index in [9.17, 15) is 4.79 Å². The van der Waals surface area contributed by atoms with Gasteiger partial charge < -0.3 is 9.88 Å². The lowest BCUT2D eigenvalue weighted by Gasteiger charge is -2.16. The molecular formula is C12H16N4O2. The standard InChI is InChI=1S/C12H16N4O2/c1-3-11(16-6-4-5-7-16)12(17)13-8-10-9(2)14-18-15-10/h4-7,11H,3,8H2,1-2H3,(H,13,17)/t11-/m1/s1. The molecule has 2 aromatic heterocycles. The molecule has 1 atom stereocenters. The van der Waals surface area contributed by atoms with Crippen LogP contribution in [0.4, 0.5) is 0 Å². The van der Waals surface area contributed by atoms with E-state index in [1.54, 1.807) is 6.92 Å². The van der Waals surface area contributed by atoms with E-state index >= 15 is 0 Å². The minimum Gasteiger partial charge on any atom is -0.348 e. The Hall–Kier alpha value is -2.11. The molecule has 0 saturated heterocycles. The Labute approximate surface area is 105 Å². The van der Waals surface area contributed by atoms with Gasteiger partial charge in [-0.05, 0) is 25.5 Å². The van der Waals surface area contributed by atoms with E-state index in [4.69, 9.17) is 0 Å². The van der Waals surface area contributed by atoms with Crippen LogP contribution < -0.4 is 5.32 Å². The van der Waals surface area contributed by atoms with Crippen LogP contribution in [0.5, 0.6) is 0 Å². The molecular weight excluding hydrogens is 232 g/mol. The zero-order valence-electron chi connectivity index (χ0n) is 10.5. The lowest BCUT2D eigenvalue weighted by atomic mass is 10.2. The molecule has 0 radical (unpaired) electrons. The highest BCUT2D eigenvalue weighted by molar-refractivity contribution is 5.80. The van der Waals surface area contributed by atoms with Crippen molar-refractivity contribution >= 4 is 5.91 Å². The molecule has 2 aromatic rings. The minimum absolute atomic E-state index is 0.0314. The van der Waals surface area contributed by atoms with Crippen molar-refractivity contribution < 1.29 is 9.42 Å². The summed E-state index contributed by atoms with van der Waals surface area (Å²) in [4.78, 5) is 12.1. The third kappa shape index (κ3) is 2.58. The fraction of sp³-hybridized carbons (Fsp3) is 0.417.